The fourth-order valence-electron chi connectivity index (χ4n) is 1.17. The first-order valence-electron chi connectivity index (χ1n) is 4.60. The summed E-state index contributed by atoms with van der Waals surface area (Å²) >= 11 is 0. The van der Waals surface area contributed by atoms with Gasteiger partial charge >= 0.3 is 0 Å². The van der Waals surface area contributed by atoms with Gasteiger partial charge in [-0.2, -0.15) is 0 Å². The Kier molecular flexibility index (Phi) is 6.16. The Hall–Kier alpha value is -0.980. The van der Waals surface area contributed by atoms with Gasteiger partial charge in [-0.1, -0.05) is 33.1 Å². The fourth-order valence-corrected chi connectivity index (χ4v) is 1.17. The van der Waals surface area contributed by atoms with Gasteiger partial charge in [0.25, 0.3) is 0 Å². The first kappa shape index (κ1) is 11.0. The van der Waals surface area contributed by atoms with Gasteiger partial charge in [0.05, 0.1) is 0 Å². The van der Waals surface area contributed by atoms with Crippen molar-refractivity contribution in [3.8, 4) is 0 Å². The van der Waals surface area contributed by atoms with E-state index in [9.17, 15) is 0 Å². The molecule has 1 aliphatic heterocycles. The van der Waals surface area contributed by atoms with E-state index in [2.05, 4.69) is 18.5 Å². The molecule has 0 saturated heterocycles. The molecule has 0 aromatic carbocycles. The Balaban J connectivity index is 0. The monoisotopic (exact) mass is 167 g/mol. The maximum Gasteiger partial charge on any atom is 0.0366 e. The summed E-state index contributed by atoms with van der Waals surface area (Å²) in [6, 6.07) is 0. The summed E-state index contributed by atoms with van der Waals surface area (Å²) in [5.41, 5.74) is 2.45. The molecule has 0 atom stereocenters. The third-order valence-corrected chi connectivity index (χ3v) is 1.73. The maximum absolute atomic E-state index is 3.74. The molecule has 1 N–H and O–H groups in total. The molecule has 1 aliphatic rings. The van der Waals surface area contributed by atoms with Gasteiger partial charge in [-0.05, 0) is 24.5 Å². The predicted octanol–water partition coefficient (Wildman–Crippen LogP) is 3.27. The molecule has 70 valence electrons. The molecule has 0 aromatic rings. The summed E-state index contributed by atoms with van der Waals surface area (Å²) in [5, 5.41) is 3.26. The average molecular weight is 167 g/mol. The van der Waals surface area contributed by atoms with Gasteiger partial charge in [-0.15, -0.1) is 0 Å². The van der Waals surface area contributed by atoms with Gasteiger partial charge in [0.1, 0.15) is 0 Å². The predicted molar refractivity (Wildman–Crippen MR) is 58.1 cm³/mol. The molecular formula is C11H21N. The Labute approximate surface area is 77.4 Å². The van der Waals surface area contributed by atoms with Crippen LogP contribution in [0.3, 0.4) is 0 Å². The van der Waals surface area contributed by atoms with Crippen LogP contribution in [0.15, 0.2) is 36.6 Å². The van der Waals surface area contributed by atoms with E-state index in [4.69, 9.17) is 0 Å². The van der Waals surface area contributed by atoms with Crippen molar-refractivity contribution in [2.24, 2.45) is 0 Å². The number of nitrogens with one attached hydrogen (secondary N) is 1. The summed E-state index contributed by atoms with van der Waals surface area (Å²) < 4.78 is 0. The smallest absolute Gasteiger partial charge is 0.0366 e. The minimum Gasteiger partial charge on any atom is -0.385 e. The van der Waals surface area contributed by atoms with E-state index in [1.54, 1.807) is 0 Å². The lowest BCUT2D eigenvalue weighted by molar-refractivity contribution is 0.685. The van der Waals surface area contributed by atoms with Crippen LogP contribution in [0, 0.1) is 0 Å². The van der Waals surface area contributed by atoms with Crippen molar-refractivity contribution in [3.63, 3.8) is 0 Å². The second-order valence-electron chi connectivity index (χ2n) is 2.38. The molecule has 12 heavy (non-hydrogen) atoms. The van der Waals surface area contributed by atoms with Crippen molar-refractivity contribution >= 4 is 0 Å². The van der Waals surface area contributed by atoms with E-state index in [0.29, 0.717) is 0 Å². The van der Waals surface area contributed by atoms with Gasteiger partial charge in [0.15, 0.2) is 0 Å². The Morgan fingerprint density at radius 3 is 2.42 bits per heavy atom. The molecule has 0 unspecified atom stereocenters. The highest BCUT2D eigenvalue weighted by Gasteiger charge is 2.04. The van der Waals surface area contributed by atoms with Crippen LogP contribution in [0.4, 0.5) is 0 Å². The zero-order valence-corrected chi connectivity index (χ0v) is 8.19. The summed E-state index contributed by atoms with van der Waals surface area (Å²) in [4.78, 5) is 0. The van der Waals surface area contributed by atoms with Crippen LogP contribution in [-0.4, -0.2) is 6.54 Å². The molecule has 0 bridgehead atoms. The van der Waals surface area contributed by atoms with E-state index in [1.807, 2.05) is 26.0 Å². The Bertz CT molecular complexity index is 163. The number of allylic oxidation sites excluding steroid dienone is 3. The van der Waals surface area contributed by atoms with E-state index >= 15 is 0 Å². The van der Waals surface area contributed by atoms with Crippen LogP contribution in [0.2, 0.25) is 0 Å². The first-order chi connectivity index (χ1) is 5.88. The van der Waals surface area contributed by atoms with Crippen LogP contribution >= 0.6 is 0 Å². The largest absolute Gasteiger partial charge is 0.385 e. The molecular weight excluding hydrogens is 146 g/mol. The van der Waals surface area contributed by atoms with Gasteiger partial charge < -0.3 is 5.32 Å². The number of hydrogen-bond acceptors (Lipinski definition) is 1. The lowest BCUT2D eigenvalue weighted by atomic mass is 10.0. The van der Waals surface area contributed by atoms with Crippen molar-refractivity contribution in [2.45, 2.75) is 26.7 Å². The fraction of sp³-hybridized carbons (Fsp3) is 0.455. The SMILES string of the molecule is C=CC1=C(C=C)NCCC1.CC.[HH]. The number of rotatable bonds is 2. The van der Waals surface area contributed by atoms with Crippen LogP contribution in [0.5, 0.6) is 0 Å². The zero-order valence-electron chi connectivity index (χ0n) is 8.19. The van der Waals surface area contributed by atoms with Crippen molar-refractivity contribution in [2.75, 3.05) is 6.54 Å². The molecule has 0 radical (unpaired) electrons. The van der Waals surface area contributed by atoms with Crippen molar-refractivity contribution in [1.29, 1.82) is 0 Å². The van der Waals surface area contributed by atoms with Gasteiger partial charge in [0, 0.05) is 13.7 Å². The lowest BCUT2D eigenvalue weighted by Crippen LogP contribution is -2.19. The van der Waals surface area contributed by atoms with E-state index in [-0.39, 0.29) is 1.43 Å². The Morgan fingerprint density at radius 2 is 2.00 bits per heavy atom. The third kappa shape index (κ3) is 2.95. The molecule has 1 rings (SSSR count). The van der Waals surface area contributed by atoms with Crippen LogP contribution in [0.25, 0.3) is 0 Å². The Morgan fingerprint density at radius 1 is 1.33 bits per heavy atom. The number of hydrogen-bond donors (Lipinski definition) is 1. The minimum absolute atomic E-state index is 0. The summed E-state index contributed by atoms with van der Waals surface area (Å²) in [5.74, 6) is 0. The summed E-state index contributed by atoms with van der Waals surface area (Å²) in [6.07, 6.45) is 6.11. The highest BCUT2D eigenvalue weighted by atomic mass is 14.9. The quantitative estimate of drug-likeness (QED) is 0.665. The molecule has 0 saturated carbocycles. The third-order valence-electron chi connectivity index (χ3n) is 1.73. The molecule has 0 amide bonds. The summed E-state index contributed by atoms with van der Waals surface area (Å²) in [6.45, 7) is 12.5. The zero-order chi connectivity index (χ0) is 9.40. The van der Waals surface area contributed by atoms with Gasteiger partial charge in [0.2, 0.25) is 0 Å². The maximum atomic E-state index is 3.74. The van der Waals surface area contributed by atoms with Crippen molar-refractivity contribution in [3.05, 3.63) is 36.6 Å². The standard InChI is InChI=1S/C9H13N.C2H6.H2/c1-3-8-6-5-7-10-9(8)4-2;1-2;/h3-4,10H,1-2,5-7H2;1-2H3;1H. The lowest BCUT2D eigenvalue weighted by Gasteiger charge is -2.16. The molecule has 1 heterocycles. The van der Waals surface area contributed by atoms with E-state index in [1.165, 1.54) is 12.0 Å². The summed E-state index contributed by atoms with van der Waals surface area (Å²) in [7, 11) is 0. The molecule has 1 nitrogen and oxygen atoms in total. The first-order valence-corrected chi connectivity index (χ1v) is 4.60. The van der Waals surface area contributed by atoms with Crippen LogP contribution in [-0.2, 0) is 0 Å². The topological polar surface area (TPSA) is 12.0 Å². The van der Waals surface area contributed by atoms with Crippen LogP contribution in [0.1, 0.15) is 28.1 Å². The molecule has 0 aromatic heterocycles. The molecule has 0 fully saturated rings. The highest BCUT2D eigenvalue weighted by molar-refractivity contribution is 5.31. The highest BCUT2D eigenvalue weighted by Crippen LogP contribution is 2.15. The van der Waals surface area contributed by atoms with Gasteiger partial charge in [-0.25, -0.2) is 0 Å². The average Bonchev–Trinajstić information content (AvgIpc) is 2.20. The van der Waals surface area contributed by atoms with Gasteiger partial charge in [-0.3, -0.25) is 0 Å². The normalized spacial score (nSPS) is 15.5. The van der Waals surface area contributed by atoms with E-state index < -0.39 is 0 Å². The molecule has 0 aliphatic carbocycles. The van der Waals surface area contributed by atoms with E-state index in [0.717, 1.165) is 18.7 Å². The second-order valence-corrected chi connectivity index (χ2v) is 2.38. The molecule has 0 spiro atoms. The second kappa shape index (κ2) is 6.71. The van der Waals surface area contributed by atoms with Crippen molar-refractivity contribution in [1.82, 2.24) is 5.32 Å². The van der Waals surface area contributed by atoms with Crippen LogP contribution < -0.4 is 5.32 Å². The van der Waals surface area contributed by atoms with Crippen molar-refractivity contribution < 1.29 is 1.43 Å². The molecule has 1 heteroatoms. The minimum atomic E-state index is 0.